The van der Waals surface area contributed by atoms with Crippen LogP contribution in [0.5, 0.6) is 0 Å². The summed E-state index contributed by atoms with van der Waals surface area (Å²) >= 11 is 0. The van der Waals surface area contributed by atoms with E-state index in [-0.39, 0.29) is 23.0 Å². The number of anilines is 2. The normalized spacial score (nSPS) is 10.7. The zero-order chi connectivity index (χ0) is 31.5. The van der Waals surface area contributed by atoms with Crippen LogP contribution in [0, 0.1) is 0 Å². The third-order valence-electron chi connectivity index (χ3n) is 3.76. The van der Waals surface area contributed by atoms with Crippen LogP contribution < -0.4 is 32.7 Å². The van der Waals surface area contributed by atoms with Crippen LogP contribution in [-0.2, 0) is 9.59 Å². The molecule has 20 heteroatoms. The fraction of sp³-hybridized carbons (Fsp3) is 0.600. The molecule has 0 radical (unpaired) electrons. The van der Waals surface area contributed by atoms with Crippen molar-refractivity contribution in [2.75, 3.05) is 49.9 Å². The minimum absolute atomic E-state index is 0.126. The van der Waals surface area contributed by atoms with Gasteiger partial charge in [-0.15, -0.1) is 0 Å². The van der Waals surface area contributed by atoms with Crippen molar-refractivity contribution in [2.45, 2.75) is 39.0 Å². The van der Waals surface area contributed by atoms with Crippen LogP contribution in [0.1, 0.15) is 47.7 Å². The van der Waals surface area contributed by atoms with Gasteiger partial charge in [0.25, 0.3) is 11.8 Å². The van der Waals surface area contributed by atoms with E-state index in [1.165, 1.54) is 0 Å². The minimum atomic E-state index is -5.08. The van der Waals surface area contributed by atoms with Gasteiger partial charge in [0.1, 0.15) is 0 Å². The molecule has 40 heavy (non-hydrogen) atoms. The number of aromatic nitrogens is 2. The fourth-order valence-corrected chi connectivity index (χ4v) is 2.02. The van der Waals surface area contributed by atoms with Crippen molar-refractivity contribution in [2.24, 2.45) is 11.5 Å². The van der Waals surface area contributed by atoms with Crippen LogP contribution in [0.4, 0.5) is 38.0 Å². The van der Waals surface area contributed by atoms with E-state index < -0.39 is 36.1 Å². The number of aliphatic carboxylic acids is 2. The monoisotopic (exact) mass is 594 g/mol. The van der Waals surface area contributed by atoms with E-state index in [2.05, 4.69) is 31.2 Å². The number of carboxylic acid groups (broad SMARTS) is 2. The molecule has 1 aromatic rings. The van der Waals surface area contributed by atoms with Crippen molar-refractivity contribution in [1.82, 2.24) is 20.6 Å². The predicted molar refractivity (Wildman–Crippen MR) is 130 cm³/mol. The summed E-state index contributed by atoms with van der Waals surface area (Å²) in [5, 5.41) is 25.7. The Balaban J connectivity index is 0. The minimum Gasteiger partial charge on any atom is -0.475 e. The van der Waals surface area contributed by atoms with Crippen molar-refractivity contribution in [3.05, 3.63) is 11.4 Å². The Morgan fingerprint density at radius 2 is 0.950 bits per heavy atom. The van der Waals surface area contributed by atoms with E-state index >= 15 is 0 Å². The molecular weight excluding hydrogens is 562 g/mol. The summed E-state index contributed by atoms with van der Waals surface area (Å²) in [5.74, 6) is -5.77. The van der Waals surface area contributed by atoms with E-state index in [1.54, 1.807) is 0 Å². The number of amides is 2. The van der Waals surface area contributed by atoms with E-state index in [0.29, 0.717) is 39.3 Å². The third kappa shape index (κ3) is 16.1. The highest BCUT2D eigenvalue weighted by atomic mass is 19.4. The lowest BCUT2D eigenvalue weighted by molar-refractivity contribution is -0.193. The van der Waals surface area contributed by atoms with E-state index in [1.807, 2.05) is 13.8 Å². The van der Waals surface area contributed by atoms with Crippen LogP contribution >= 0.6 is 0 Å². The summed E-state index contributed by atoms with van der Waals surface area (Å²) in [6.07, 6.45) is -8.51. The standard InChI is InChI=1S/C16H30N8O2.2C2HF3O2/c1-3-7-19-13-11(15(25)21-9-5-17)24-14(20-8-4-2)12(23-13)16(26)22-10-6-18;2*3-2(4,5)1(6)7/h3-10,17-18H2,1-2H3,(H,19,23)(H,20,24)(H,21,25)(H,22,26);2*(H,6,7). The molecule has 0 aliphatic carbocycles. The SMILES string of the molecule is CCCNc1nc(C(=O)NCCN)c(NCCC)nc1C(=O)NCCN.O=C(O)C(F)(F)F.O=C(O)C(F)(F)F. The van der Waals surface area contributed by atoms with Crippen LogP contribution in [0.15, 0.2) is 0 Å². The van der Waals surface area contributed by atoms with Gasteiger partial charge in [0.05, 0.1) is 0 Å². The van der Waals surface area contributed by atoms with Gasteiger partial charge in [-0.25, -0.2) is 19.6 Å². The largest absolute Gasteiger partial charge is 0.490 e. The molecule has 0 unspecified atom stereocenters. The van der Waals surface area contributed by atoms with Crippen molar-refractivity contribution in [1.29, 1.82) is 0 Å². The van der Waals surface area contributed by atoms with Crippen LogP contribution in [0.3, 0.4) is 0 Å². The number of rotatable bonds is 12. The Kier molecular flexibility index (Phi) is 18.3. The van der Waals surface area contributed by atoms with Crippen molar-refractivity contribution >= 4 is 35.4 Å². The summed E-state index contributed by atoms with van der Waals surface area (Å²) in [6.45, 7) is 6.44. The third-order valence-corrected chi connectivity index (χ3v) is 3.76. The molecule has 0 fully saturated rings. The average molecular weight is 595 g/mol. The maximum absolute atomic E-state index is 12.4. The van der Waals surface area contributed by atoms with Crippen molar-refractivity contribution < 1.29 is 55.7 Å². The van der Waals surface area contributed by atoms with E-state index in [0.717, 1.165) is 12.8 Å². The smallest absolute Gasteiger partial charge is 0.475 e. The summed E-state index contributed by atoms with van der Waals surface area (Å²) in [4.78, 5) is 51.3. The molecule has 2 amide bonds. The fourth-order valence-electron chi connectivity index (χ4n) is 2.02. The van der Waals surface area contributed by atoms with Crippen molar-refractivity contribution in [3.8, 4) is 0 Å². The first kappa shape index (κ1) is 38.2. The number of hydrogen-bond donors (Lipinski definition) is 8. The Bertz CT molecular complexity index is 887. The molecule has 0 aliphatic rings. The highest BCUT2D eigenvalue weighted by Gasteiger charge is 2.38. The summed E-state index contributed by atoms with van der Waals surface area (Å²) in [7, 11) is 0. The first-order chi connectivity index (χ1) is 18.5. The molecule has 0 spiro atoms. The topological polar surface area (TPSA) is 235 Å². The lowest BCUT2D eigenvalue weighted by Crippen LogP contribution is -2.33. The molecule has 1 rings (SSSR count). The van der Waals surface area contributed by atoms with Crippen molar-refractivity contribution in [3.63, 3.8) is 0 Å². The number of hydrogen-bond acceptors (Lipinski definition) is 10. The van der Waals surface area contributed by atoms with Gasteiger partial charge < -0.3 is 42.9 Å². The lowest BCUT2D eigenvalue weighted by atomic mass is 10.3. The first-order valence-electron chi connectivity index (χ1n) is 11.4. The maximum Gasteiger partial charge on any atom is 0.490 e. The average Bonchev–Trinajstić information content (AvgIpc) is 2.87. The summed E-state index contributed by atoms with van der Waals surface area (Å²) < 4.78 is 63.5. The van der Waals surface area contributed by atoms with E-state index in [4.69, 9.17) is 31.3 Å². The second-order valence-corrected chi connectivity index (χ2v) is 7.17. The van der Waals surface area contributed by atoms with Crippen LogP contribution in [-0.4, -0.2) is 95.6 Å². The molecular formula is C20H32F6N8O6. The highest BCUT2D eigenvalue weighted by Crippen LogP contribution is 2.19. The molecule has 0 bridgehead atoms. The van der Waals surface area contributed by atoms with Gasteiger partial charge in [-0.1, -0.05) is 13.8 Å². The van der Waals surface area contributed by atoms with Gasteiger partial charge in [-0.05, 0) is 12.8 Å². The number of carbonyl (C=O) groups excluding carboxylic acids is 2. The number of carbonyl (C=O) groups is 4. The summed E-state index contributed by atoms with van der Waals surface area (Å²) in [5.41, 5.74) is 11.1. The molecule has 1 aromatic heterocycles. The first-order valence-corrected chi connectivity index (χ1v) is 11.4. The molecule has 230 valence electrons. The predicted octanol–water partition coefficient (Wildman–Crippen LogP) is 0.764. The Labute approximate surface area is 224 Å². The Morgan fingerprint density at radius 3 is 1.15 bits per heavy atom. The summed E-state index contributed by atoms with van der Waals surface area (Å²) in [6, 6.07) is 0. The Hall–Kier alpha value is -3.94. The number of nitrogens with zero attached hydrogens (tertiary/aromatic N) is 2. The maximum atomic E-state index is 12.4. The molecule has 0 saturated carbocycles. The Morgan fingerprint density at radius 1 is 0.675 bits per heavy atom. The molecule has 0 aliphatic heterocycles. The van der Waals surface area contributed by atoms with Crippen LogP contribution in [0.2, 0.25) is 0 Å². The second kappa shape index (κ2) is 19.2. The van der Waals surface area contributed by atoms with Gasteiger partial charge in [0.15, 0.2) is 23.0 Å². The van der Waals surface area contributed by atoms with E-state index in [9.17, 15) is 35.9 Å². The van der Waals surface area contributed by atoms with Crippen LogP contribution in [0.25, 0.3) is 0 Å². The van der Waals surface area contributed by atoms with Gasteiger partial charge in [0, 0.05) is 39.3 Å². The number of nitrogens with two attached hydrogens (primary N) is 2. The number of alkyl halides is 6. The second-order valence-electron chi connectivity index (χ2n) is 7.17. The number of halogens is 6. The van der Waals surface area contributed by atoms with Gasteiger partial charge in [-0.3, -0.25) is 9.59 Å². The molecule has 10 N–H and O–H groups in total. The quantitative estimate of drug-likeness (QED) is 0.157. The van der Waals surface area contributed by atoms with Gasteiger partial charge in [0.2, 0.25) is 0 Å². The molecule has 1 heterocycles. The highest BCUT2D eigenvalue weighted by molar-refractivity contribution is 6.01. The zero-order valence-electron chi connectivity index (χ0n) is 21.5. The number of carboxylic acids is 2. The molecule has 0 aromatic carbocycles. The molecule has 14 nitrogen and oxygen atoms in total. The lowest BCUT2D eigenvalue weighted by Gasteiger charge is -2.16. The van der Waals surface area contributed by atoms with Gasteiger partial charge >= 0.3 is 24.3 Å². The molecule has 0 atom stereocenters. The molecule has 0 saturated heterocycles. The number of nitrogens with one attached hydrogen (secondary N) is 4. The van der Waals surface area contributed by atoms with Gasteiger partial charge in [-0.2, -0.15) is 26.3 Å². The zero-order valence-corrected chi connectivity index (χ0v) is 21.5.